The van der Waals surface area contributed by atoms with E-state index in [1.807, 2.05) is 24.8 Å². The zero-order chi connectivity index (χ0) is 17.1. The summed E-state index contributed by atoms with van der Waals surface area (Å²) in [5.41, 5.74) is 0.624. The summed E-state index contributed by atoms with van der Waals surface area (Å²) in [6.45, 7) is 6.52. The minimum Gasteiger partial charge on any atom is -0.367 e. The largest absolute Gasteiger partial charge is 0.367 e. The molecule has 1 fully saturated rings. The van der Waals surface area contributed by atoms with Gasteiger partial charge in [0.25, 0.3) is 0 Å². The van der Waals surface area contributed by atoms with Crippen LogP contribution >= 0.6 is 11.3 Å². The molecule has 3 rings (SSSR count). The highest BCUT2D eigenvalue weighted by molar-refractivity contribution is 7.15. The Bertz CT molecular complexity index is 714. The third-order valence-corrected chi connectivity index (χ3v) is 4.94. The van der Waals surface area contributed by atoms with Crippen LogP contribution in [0.4, 0.5) is 15.2 Å². The molecule has 0 saturated carbocycles. The van der Waals surface area contributed by atoms with Crippen LogP contribution in [0.1, 0.15) is 11.9 Å². The van der Waals surface area contributed by atoms with E-state index in [4.69, 9.17) is 0 Å². The normalized spacial score (nSPS) is 16.9. The number of aryl methyl sites for hydroxylation is 1. The number of benzene rings is 1. The molecule has 2 heterocycles. The van der Waals surface area contributed by atoms with Gasteiger partial charge in [0.1, 0.15) is 10.8 Å². The maximum absolute atomic E-state index is 13.9. The van der Waals surface area contributed by atoms with Gasteiger partial charge < -0.3 is 4.90 Å². The molecule has 0 radical (unpaired) electrons. The highest BCUT2D eigenvalue weighted by atomic mass is 32.1. The van der Waals surface area contributed by atoms with Gasteiger partial charge in [0.15, 0.2) is 0 Å². The summed E-state index contributed by atoms with van der Waals surface area (Å²) < 4.78 is 13.9. The standard InChI is InChI=1S/C16H20FN5OS/c1-11(15(23)18-16-20-19-12(2)24-16)21-7-9-22(10-8-21)14-6-4-3-5-13(14)17/h3-6,11H,7-10H2,1-2H3,(H,18,20,23)/t11-/m0/s1. The lowest BCUT2D eigenvalue weighted by molar-refractivity contribution is -0.120. The van der Waals surface area contributed by atoms with Crippen LogP contribution in [-0.2, 0) is 4.79 Å². The number of anilines is 2. The summed E-state index contributed by atoms with van der Waals surface area (Å²) in [6, 6.07) is 6.53. The summed E-state index contributed by atoms with van der Waals surface area (Å²) in [6.07, 6.45) is 0. The molecule has 1 aliphatic heterocycles. The molecular weight excluding hydrogens is 329 g/mol. The molecule has 1 N–H and O–H groups in total. The van der Waals surface area contributed by atoms with Gasteiger partial charge in [-0.05, 0) is 26.0 Å². The maximum Gasteiger partial charge on any atom is 0.243 e. The number of hydrogen-bond donors (Lipinski definition) is 1. The van der Waals surface area contributed by atoms with Gasteiger partial charge in [0, 0.05) is 26.2 Å². The predicted molar refractivity (Wildman–Crippen MR) is 92.9 cm³/mol. The van der Waals surface area contributed by atoms with Crippen LogP contribution < -0.4 is 10.2 Å². The Morgan fingerprint density at radius 1 is 1.25 bits per heavy atom. The molecule has 1 saturated heterocycles. The number of para-hydroxylation sites is 1. The van der Waals surface area contributed by atoms with E-state index in [0.29, 0.717) is 37.0 Å². The van der Waals surface area contributed by atoms with E-state index in [1.165, 1.54) is 17.4 Å². The predicted octanol–water partition coefficient (Wildman–Crippen LogP) is 2.13. The van der Waals surface area contributed by atoms with Gasteiger partial charge in [-0.2, -0.15) is 0 Å². The second-order valence-electron chi connectivity index (χ2n) is 5.77. The summed E-state index contributed by atoms with van der Waals surface area (Å²) in [4.78, 5) is 16.5. The Labute approximate surface area is 144 Å². The fourth-order valence-electron chi connectivity index (χ4n) is 2.78. The number of piperazine rings is 1. The van der Waals surface area contributed by atoms with Crippen molar-refractivity contribution < 1.29 is 9.18 Å². The number of hydrogen-bond acceptors (Lipinski definition) is 6. The van der Waals surface area contributed by atoms with Crippen molar-refractivity contribution in [3.63, 3.8) is 0 Å². The number of halogens is 1. The monoisotopic (exact) mass is 349 g/mol. The third kappa shape index (κ3) is 3.70. The van der Waals surface area contributed by atoms with Gasteiger partial charge in [-0.15, -0.1) is 10.2 Å². The Hall–Kier alpha value is -2.06. The smallest absolute Gasteiger partial charge is 0.243 e. The van der Waals surface area contributed by atoms with Crippen molar-refractivity contribution >= 4 is 28.1 Å². The average molecular weight is 349 g/mol. The fraction of sp³-hybridized carbons (Fsp3) is 0.438. The minimum absolute atomic E-state index is 0.0921. The molecule has 1 amide bonds. The van der Waals surface area contributed by atoms with Crippen molar-refractivity contribution in [2.75, 3.05) is 36.4 Å². The highest BCUT2D eigenvalue weighted by Crippen LogP contribution is 2.21. The van der Waals surface area contributed by atoms with Crippen molar-refractivity contribution in [3.8, 4) is 0 Å². The molecule has 0 bridgehead atoms. The fourth-order valence-corrected chi connectivity index (χ4v) is 3.38. The first kappa shape index (κ1) is 16.8. The van der Waals surface area contributed by atoms with Crippen molar-refractivity contribution in [2.24, 2.45) is 0 Å². The molecule has 1 aromatic carbocycles. The lowest BCUT2D eigenvalue weighted by Gasteiger charge is -2.38. The number of rotatable bonds is 4. The van der Waals surface area contributed by atoms with Crippen LogP contribution in [0.25, 0.3) is 0 Å². The van der Waals surface area contributed by atoms with Crippen molar-refractivity contribution in [3.05, 3.63) is 35.1 Å². The van der Waals surface area contributed by atoms with Crippen molar-refractivity contribution in [2.45, 2.75) is 19.9 Å². The van der Waals surface area contributed by atoms with E-state index in [2.05, 4.69) is 20.4 Å². The lowest BCUT2D eigenvalue weighted by Crippen LogP contribution is -2.53. The molecular formula is C16H20FN5OS. The van der Waals surface area contributed by atoms with E-state index >= 15 is 0 Å². The van der Waals surface area contributed by atoms with Gasteiger partial charge in [-0.1, -0.05) is 23.5 Å². The van der Waals surface area contributed by atoms with Crippen LogP contribution in [0, 0.1) is 12.7 Å². The zero-order valence-corrected chi connectivity index (χ0v) is 14.5. The molecule has 0 aliphatic carbocycles. The molecule has 0 unspecified atom stereocenters. The molecule has 24 heavy (non-hydrogen) atoms. The summed E-state index contributed by atoms with van der Waals surface area (Å²) >= 11 is 1.36. The Morgan fingerprint density at radius 2 is 1.96 bits per heavy atom. The summed E-state index contributed by atoms with van der Waals surface area (Å²) in [5, 5.41) is 11.9. The molecule has 1 aliphatic rings. The molecule has 1 aromatic heterocycles. The van der Waals surface area contributed by atoms with Gasteiger partial charge in [0.05, 0.1) is 11.7 Å². The van der Waals surface area contributed by atoms with E-state index in [1.54, 1.807) is 12.1 Å². The molecule has 0 spiro atoms. The SMILES string of the molecule is Cc1nnc(NC(=O)[C@H](C)N2CCN(c3ccccc3F)CC2)s1. The van der Waals surface area contributed by atoms with Crippen LogP contribution in [0.2, 0.25) is 0 Å². The number of carbonyl (C=O) groups excluding carboxylic acids is 1. The Morgan fingerprint density at radius 3 is 2.58 bits per heavy atom. The second-order valence-corrected chi connectivity index (χ2v) is 6.95. The molecule has 6 nitrogen and oxygen atoms in total. The number of nitrogens with zero attached hydrogens (tertiary/aromatic N) is 4. The van der Waals surface area contributed by atoms with Crippen molar-refractivity contribution in [1.82, 2.24) is 15.1 Å². The van der Waals surface area contributed by atoms with Gasteiger partial charge in [-0.25, -0.2) is 4.39 Å². The maximum atomic E-state index is 13.9. The first-order valence-corrected chi connectivity index (χ1v) is 8.71. The average Bonchev–Trinajstić information content (AvgIpc) is 2.99. The van der Waals surface area contributed by atoms with Crippen LogP contribution in [0.15, 0.2) is 24.3 Å². The number of aromatic nitrogens is 2. The quantitative estimate of drug-likeness (QED) is 0.916. The molecule has 2 aromatic rings. The van der Waals surface area contributed by atoms with E-state index in [9.17, 15) is 9.18 Å². The van der Waals surface area contributed by atoms with E-state index in [-0.39, 0.29) is 17.8 Å². The van der Waals surface area contributed by atoms with Gasteiger partial charge >= 0.3 is 0 Å². The highest BCUT2D eigenvalue weighted by Gasteiger charge is 2.27. The van der Waals surface area contributed by atoms with Crippen molar-refractivity contribution in [1.29, 1.82) is 0 Å². The topological polar surface area (TPSA) is 61.4 Å². The van der Waals surface area contributed by atoms with Crippen LogP contribution in [0.5, 0.6) is 0 Å². The Kier molecular flexibility index (Phi) is 5.06. The number of amides is 1. The van der Waals surface area contributed by atoms with Gasteiger partial charge in [0.2, 0.25) is 11.0 Å². The Balaban J connectivity index is 1.56. The molecule has 8 heteroatoms. The number of carbonyl (C=O) groups is 1. The van der Waals surface area contributed by atoms with Crippen LogP contribution in [0.3, 0.4) is 0 Å². The van der Waals surface area contributed by atoms with E-state index in [0.717, 1.165) is 5.01 Å². The second kappa shape index (κ2) is 7.23. The minimum atomic E-state index is -0.267. The first-order chi connectivity index (χ1) is 11.5. The van der Waals surface area contributed by atoms with Crippen LogP contribution in [-0.4, -0.2) is 53.2 Å². The lowest BCUT2D eigenvalue weighted by atomic mass is 10.2. The zero-order valence-electron chi connectivity index (χ0n) is 13.7. The van der Waals surface area contributed by atoms with E-state index < -0.39 is 0 Å². The first-order valence-electron chi connectivity index (χ1n) is 7.89. The molecule has 128 valence electrons. The summed E-state index contributed by atoms with van der Waals surface area (Å²) in [7, 11) is 0. The summed E-state index contributed by atoms with van der Waals surface area (Å²) in [5.74, 6) is -0.297. The van der Waals surface area contributed by atoms with Gasteiger partial charge in [-0.3, -0.25) is 15.0 Å². The third-order valence-electron chi connectivity index (χ3n) is 4.19. The number of nitrogens with one attached hydrogen (secondary N) is 1. The molecule has 1 atom stereocenters.